The average molecular weight is 328 g/mol. The summed E-state index contributed by atoms with van der Waals surface area (Å²) in [6.45, 7) is 2.86. The van der Waals surface area contributed by atoms with Crippen molar-refractivity contribution in [1.29, 1.82) is 0 Å². The summed E-state index contributed by atoms with van der Waals surface area (Å²) in [6.07, 6.45) is 5.05. The van der Waals surface area contributed by atoms with Gasteiger partial charge in [0.15, 0.2) is 0 Å². The van der Waals surface area contributed by atoms with Crippen LogP contribution < -0.4 is 15.4 Å². The van der Waals surface area contributed by atoms with Crippen molar-refractivity contribution in [3.05, 3.63) is 36.0 Å². The number of rotatable bonds is 6. The summed E-state index contributed by atoms with van der Waals surface area (Å²) in [5.74, 6) is 1.35. The SMILES string of the molecule is COc1ccc(-c2[nH]ncc2C(=O)NCCC2CCCNC2)cc1. The van der Waals surface area contributed by atoms with Crippen molar-refractivity contribution in [2.75, 3.05) is 26.7 Å². The van der Waals surface area contributed by atoms with Crippen LogP contribution in [0.4, 0.5) is 0 Å². The molecule has 24 heavy (non-hydrogen) atoms. The fourth-order valence-electron chi connectivity index (χ4n) is 3.09. The largest absolute Gasteiger partial charge is 0.497 e. The molecular weight excluding hydrogens is 304 g/mol. The Morgan fingerprint density at radius 3 is 2.92 bits per heavy atom. The van der Waals surface area contributed by atoms with Crippen LogP contribution in [-0.4, -0.2) is 42.8 Å². The van der Waals surface area contributed by atoms with Crippen LogP contribution in [-0.2, 0) is 0 Å². The molecule has 1 unspecified atom stereocenters. The van der Waals surface area contributed by atoms with Gasteiger partial charge in [0.1, 0.15) is 5.75 Å². The molecule has 0 bridgehead atoms. The molecule has 0 saturated carbocycles. The maximum Gasteiger partial charge on any atom is 0.255 e. The molecule has 1 atom stereocenters. The standard InChI is InChI=1S/C18H24N4O2/c1-24-15-6-4-14(5-7-15)17-16(12-21-22-17)18(23)20-10-8-13-3-2-9-19-11-13/h4-7,12-13,19H,2-3,8-11H2,1H3,(H,20,23)(H,21,22). The van der Waals surface area contributed by atoms with Crippen molar-refractivity contribution < 1.29 is 9.53 Å². The Morgan fingerprint density at radius 1 is 1.38 bits per heavy atom. The van der Waals surface area contributed by atoms with Gasteiger partial charge in [-0.1, -0.05) is 0 Å². The van der Waals surface area contributed by atoms with Crippen molar-refractivity contribution in [3.63, 3.8) is 0 Å². The molecule has 128 valence electrons. The zero-order chi connectivity index (χ0) is 16.8. The van der Waals surface area contributed by atoms with Gasteiger partial charge in [-0.05, 0) is 62.5 Å². The van der Waals surface area contributed by atoms with Crippen LogP contribution >= 0.6 is 0 Å². The number of nitrogens with zero attached hydrogens (tertiary/aromatic N) is 1. The highest BCUT2D eigenvalue weighted by Crippen LogP contribution is 2.23. The van der Waals surface area contributed by atoms with Crippen molar-refractivity contribution >= 4 is 5.91 Å². The van der Waals surface area contributed by atoms with E-state index in [-0.39, 0.29) is 5.91 Å². The molecule has 2 heterocycles. The molecule has 0 spiro atoms. The lowest BCUT2D eigenvalue weighted by molar-refractivity contribution is 0.0951. The van der Waals surface area contributed by atoms with Gasteiger partial charge < -0.3 is 15.4 Å². The molecule has 1 amide bonds. The number of hydrogen-bond acceptors (Lipinski definition) is 4. The van der Waals surface area contributed by atoms with E-state index in [2.05, 4.69) is 20.8 Å². The second kappa shape index (κ2) is 7.97. The predicted molar refractivity (Wildman–Crippen MR) is 93.1 cm³/mol. The normalized spacial score (nSPS) is 17.5. The molecule has 2 aromatic rings. The molecule has 3 N–H and O–H groups in total. The van der Waals surface area contributed by atoms with Gasteiger partial charge in [0, 0.05) is 12.1 Å². The highest BCUT2D eigenvalue weighted by molar-refractivity contribution is 5.99. The monoisotopic (exact) mass is 328 g/mol. The Hall–Kier alpha value is -2.34. The summed E-state index contributed by atoms with van der Waals surface area (Å²) in [6, 6.07) is 7.56. The number of aromatic amines is 1. The summed E-state index contributed by atoms with van der Waals surface area (Å²) < 4.78 is 5.16. The molecule has 1 saturated heterocycles. The number of aromatic nitrogens is 2. The smallest absolute Gasteiger partial charge is 0.255 e. The third kappa shape index (κ3) is 3.94. The third-order valence-electron chi connectivity index (χ3n) is 4.50. The van der Waals surface area contributed by atoms with E-state index in [9.17, 15) is 4.79 Å². The zero-order valence-electron chi connectivity index (χ0n) is 14.0. The summed E-state index contributed by atoms with van der Waals surface area (Å²) in [4.78, 5) is 12.5. The second-order valence-corrected chi connectivity index (χ2v) is 6.14. The molecule has 1 aromatic carbocycles. The molecule has 6 heteroatoms. The first-order valence-electron chi connectivity index (χ1n) is 8.44. The average Bonchev–Trinajstić information content (AvgIpc) is 3.12. The Kier molecular flexibility index (Phi) is 5.48. The van der Waals surface area contributed by atoms with Gasteiger partial charge in [-0.15, -0.1) is 0 Å². The maximum atomic E-state index is 12.5. The van der Waals surface area contributed by atoms with Crippen LogP contribution in [0.5, 0.6) is 5.75 Å². The fourth-order valence-corrected chi connectivity index (χ4v) is 3.09. The van der Waals surface area contributed by atoms with Crippen LogP contribution in [0.1, 0.15) is 29.6 Å². The van der Waals surface area contributed by atoms with Gasteiger partial charge in [0.2, 0.25) is 0 Å². The van der Waals surface area contributed by atoms with E-state index in [1.807, 2.05) is 24.3 Å². The summed E-state index contributed by atoms with van der Waals surface area (Å²) in [5.41, 5.74) is 2.21. The number of methoxy groups -OCH3 is 1. The van der Waals surface area contributed by atoms with Gasteiger partial charge >= 0.3 is 0 Å². The van der Waals surface area contributed by atoms with Crippen molar-refractivity contribution in [2.24, 2.45) is 5.92 Å². The van der Waals surface area contributed by atoms with E-state index in [1.54, 1.807) is 13.3 Å². The number of benzene rings is 1. The highest BCUT2D eigenvalue weighted by Gasteiger charge is 2.17. The number of carbonyl (C=O) groups is 1. The van der Waals surface area contributed by atoms with E-state index in [1.165, 1.54) is 12.8 Å². The van der Waals surface area contributed by atoms with Crippen molar-refractivity contribution in [1.82, 2.24) is 20.8 Å². The second-order valence-electron chi connectivity index (χ2n) is 6.14. The van der Waals surface area contributed by atoms with Crippen LogP contribution in [0.25, 0.3) is 11.3 Å². The molecule has 1 aliphatic heterocycles. The van der Waals surface area contributed by atoms with E-state index < -0.39 is 0 Å². The molecule has 0 radical (unpaired) electrons. The Balaban J connectivity index is 1.60. The number of hydrogen-bond donors (Lipinski definition) is 3. The molecule has 6 nitrogen and oxygen atoms in total. The van der Waals surface area contributed by atoms with E-state index in [4.69, 9.17) is 4.74 Å². The first kappa shape index (κ1) is 16.5. The number of nitrogens with one attached hydrogen (secondary N) is 3. The lowest BCUT2D eigenvalue weighted by Gasteiger charge is -2.22. The minimum Gasteiger partial charge on any atom is -0.497 e. The topological polar surface area (TPSA) is 79.0 Å². The van der Waals surface area contributed by atoms with E-state index in [0.29, 0.717) is 18.0 Å². The summed E-state index contributed by atoms with van der Waals surface area (Å²) in [7, 11) is 1.63. The highest BCUT2D eigenvalue weighted by atomic mass is 16.5. The van der Waals surface area contributed by atoms with E-state index >= 15 is 0 Å². The Labute approximate surface area is 142 Å². The van der Waals surface area contributed by atoms with Crippen LogP contribution in [0.3, 0.4) is 0 Å². The molecule has 1 aromatic heterocycles. The fraction of sp³-hybridized carbons (Fsp3) is 0.444. The lowest BCUT2D eigenvalue weighted by atomic mass is 9.96. The van der Waals surface area contributed by atoms with Gasteiger partial charge in [-0.3, -0.25) is 9.89 Å². The molecule has 1 fully saturated rings. The molecule has 1 aliphatic rings. The third-order valence-corrected chi connectivity index (χ3v) is 4.50. The summed E-state index contributed by atoms with van der Waals surface area (Å²) >= 11 is 0. The molecule has 3 rings (SSSR count). The number of carbonyl (C=O) groups excluding carboxylic acids is 1. The van der Waals surface area contributed by atoms with Crippen LogP contribution in [0, 0.1) is 5.92 Å². The van der Waals surface area contributed by atoms with Crippen molar-refractivity contribution in [2.45, 2.75) is 19.3 Å². The summed E-state index contributed by atoms with van der Waals surface area (Å²) in [5, 5.41) is 13.4. The lowest BCUT2D eigenvalue weighted by Crippen LogP contribution is -2.33. The van der Waals surface area contributed by atoms with Crippen LogP contribution in [0.2, 0.25) is 0 Å². The first-order valence-corrected chi connectivity index (χ1v) is 8.44. The Bertz CT molecular complexity index is 660. The molecular formula is C18H24N4O2. The van der Waals surface area contributed by atoms with Gasteiger partial charge in [0.05, 0.1) is 24.6 Å². The zero-order valence-corrected chi connectivity index (χ0v) is 14.0. The van der Waals surface area contributed by atoms with Gasteiger partial charge in [-0.25, -0.2) is 0 Å². The van der Waals surface area contributed by atoms with Gasteiger partial charge in [-0.2, -0.15) is 5.10 Å². The maximum absolute atomic E-state index is 12.5. The first-order chi connectivity index (χ1) is 11.8. The number of piperidine rings is 1. The van der Waals surface area contributed by atoms with Crippen LogP contribution in [0.15, 0.2) is 30.5 Å². The number of H-pyrrole nitrogens is 1. The Morgan fingerprint density at radius 2 is 2.21 bits per heavy atom. The van der Waals surface area contributed by atoms with Crippen molar-refractivity contribution in [3.8, 4) is 17.0 Å². The number of ether oxygens (including phenoxy) is 1. The van der Waals surface area contributed by atoms with E-state index in [0.717, 1.165) is 36.5 Å². The quantitative estimate of drug-likeness (QED) is 0.759. The minimum atomic E-state index is -0.0849. The van der Waals surface area contributed by atoms with Gasteiger partial charge in [0.25, 0.3) is 5.91 Å². The minimum absolute atomic E-state index is 0.0849. The number of amides is 1. The predicted octanol–water partition coefficient (Wildman–Crippen LogP) is 2.20. The molecule has 0 aliphatic carbocycles.